The first-order valence-corrected chi connectivity index (χ1v) is 10.6. The monoisotopic (exact) mass is 492 g/mol. The number of aromatic nitrogens is 3. The fraction of sp³-hybridized carbons (Fsp3) is 0.120. The van der Waals surface area contributed by atoms with Crippen LogP contribution in [0, 0.1) is 18.8 Å². The zero-order chi connectivity index (χ0) is 25.9. The van der Waals surface area contributed by atoms with Crippen LogP contribution < -0.4 is 16.0 Å². The molecule has 11 heteroatoms. The number of urea groups is 1. The maximum atomic E-state index is 12.9. The van der Waals surface area contributed by atoms with Crippen molar-refractivity contribution in [2.75, 3.05) is 16.0 Å². The number of fused-ring (bicyclic) bond motifs is 1. The number of halogens is 3. The number of nitrogens with one attached hydrogen (secondary N) is 3. The van der Waals surface area contributed by atoms with Gasteiger partial charge in [0.1, 0.15) is 11.5 Å². The van der Waals surface area contributed by atoms with Gasteiger partial charge in [-0.2, -0.15) is 13.2 Å². The topological polar surface area (TPSA) is 100 Å². The molecule has 8 nitrogen and oxygen atoms in total. The zero-order valence-corrected chi connectivity index (χ0v) is 19.1. The molecule has 0 aliphatic rings. The number of rotatable bonds is 3. The fourth-order valence-corrected chi connectivity index (χ4v) is 3.31. The molecule has 0 spiro atoms. The van der Waals surface area contributed by atoms with Crippen molar-refractivity contribution in [2.45, 2.75) is 20.0 Å². The van der Waals surface area contributed by atoms with Gasteiger partial charge in [0.25, 0.3) is 0 Å². The maximum Gasteiger partial charge on any atom is 0.416 e. The van der Waals surface area contributed by atoms with Crippen molar-refractivity contribution in [1.82, 2.24) is 14.4 Å². The summed E-state index contributed by atoms with van der Waals surface area (Å²) < 4.78 is 40.4. The average Bonchev–Trinajstić information content (AvgIpc) is 3.23. The smallest absolute Gasteiger partial charge is 0.323 e. The van der Waals surface area contributed by atoms with Gasteiger partial charge in [0.2, 0.25) is 5.91 Å². The van der Waals surface area contributed by atoms with Crippen molar-refractivity contribution in [3.63, 3.8) is 0 Å². The number of hydrogen-bond acceptors (Lipinski definition) is 4. The Morgan fingerprint density at radius 3 is 2.56 bits per heavy atom. The summed E-state index contributed by atoms with van der Waals surface area (Å²) in [6.45, 7) is 3.26. The number of nitrogens with zero attached hydrogens (tertiary/aromatic N) is 3. The molecular formula is C25H19F3N6O2. The number of alkyl halides is 3. The van der Waals surface area contributed by atoms with Crippen molar-refractivity contribution in [3.8, 4) is 11.8 Å². The van der Waals surface area contributed by atoms with Crippen molar-refractivity contribution in [2.24, 2.45) is 0 Å². The molecule has 0 saturated carbocycles. The summed E-state index contributed by atoms with van der Waals surface area (Å²) in [5.74, 6) is 5.64. The van der Waals surface area contributed by atoms with Gasteiger partial charge in [0.05, 0.1) is 17.4 Å². The number of hydrogen-bond donors (Lipinski definition) is 3. The van der Waals surface area contributed by atoms with Gasteiger partial charge in [-0.15, -0.1) is 0 Å². The molecule has 0 unspecified atom stereocenters. The van der Waals surface area contributed by atoms with Gasteiger partial charge in [-0.25, -0.2) is 14.8 Å². The van der Waals surface area contributed by atoms with Crippen LogP contribution >= 0.6 is 0 Å². The summed E-state index contributed by atoms with van der Waals surface area (Å²) in [4.78, 5) is 31.8. The lowest BCUT2D eigenvalue weighted by atomic mass is 10.1. The molecule has 0 aliphatic heterocycles. The van der Waals surface area contributed by atoms with E-state index in [1.165, 1.54) is 6.92 Å². The summed E-state index contributed by atoms with van der Waals surface area (Å²) in [5.41, 5.74) is 2.63. The summed E-state index contributed by atoms with van der Waals surface area (Å²) in [7, 11) is 0. The predicted molar refractivity (Wildman–Crippen MR) is 129 cm³/mol. The Morgan fingerprint density at radius 2 is 1.81 bits per heavy atom. The predicted octanol–water partition coefficient (Wildman–Crippen LogP) is 5.06. The molecule has 3 aromatic heterocycles. The number of carbonyl (C=O) groups excluding carboxylic acids is 2. The number of pyridine rings is 2. The lowest BCUT2D eigenvalue weighted by molar-refractivity contribution is -0.137. The second-order valence-electron chi connectivity index (χ2n) is 7.73. The van der Waals surface area contributed by atoms with E-state index in [1.807, 2.05) is 6.92 Å². The minimum absolute atomic E-state index is 0.216. The summed E-state index contributed by atoms with van der Waals surface area (Å²) in [6, 6.07) is 9.36. The second-order valence-corrected chi connectivity index (χ2v) is 7.73. The van der Waals surface area contributed by atoms with E-state index in [9.17, 15) is 22.8 Å². The number of aryl methyl sites for hydroxylation is 1. The standard InChI is InChI=1S/C25H19F3N6O2/c1-15-5-7-19(32-24(36)33-22-13-18(9-10-29-22)25(26,27)28)12-17(15)6-8-20-14-30-23-21(31-16(2)35)4-3-11-34(20)23/h3-5,7,9-14H,1-2H3,(H,31,35)(H2,29,32,33,36). The minimum Gasteiger partial charge on any atom is -0.323 e. The molecule has 182 valence electrons. The van der Waals surface area contributed by atoms with Crippen LogP contribution in [0.25, 0.3) is 5.65 Å². The van der Waals surface area contributed by atoms with E-state index in [0.29, 0.717) is 28.3 Å². The van der Waals surface area contributed by atoms with Gasteiger partial charge in [0, 0.05) is 30.6 Å². The first-order chi connectivity index (χ1) is 17.1. The van der Waals surface area contributed by atoms with Crippen LogP contribution in [0.1, 0.15) is 29.3 Å². The highest BCUT2D eigenvalue weighted by Crippen LogP contribution is 2.30. The SMILES string of the molecule is CC(=O)Nc1cccn2c(C#Cc3cc(NC(=O)Nc4cc(C(F)(F)F)ccn4)ccc3C)cnc12. The zero-order valence-electron chi connectivity index (χ0n) is 19.1. The van der Waals surface area contributed by atoms with Crippen LogP contribution in [0.15, 0.2) is 61.1 Å². The third-order valence-electron chi connectivity index (χ3n) is 5.00. The van der Waals surface area contributed by atoms with Gasteiger partial charge >= 0.3 is 12.2 Å². The summed E-state index contributed by atoms with van der Waals surface area (Å²) >= 11 is 0. The third-order valence-corrected chi connectivity index (χ3v) is 5.00. The average molecular weight is 492 g/mol. The summed E-state index contributed by atoms with van der Waals surface area (Å²) in [6.07, 6.45) is -0.223. The normalized spacial score (nSPS) is 10.9. The number of imidazole rings is 1. The van der Waals surface area contributed by atoms with Crippen molar-refractivity contribution in [1.29, 1.82) is 0 Å². The Morgan fingerprint density at radius 1 is 1.00 bits per heavy atom. The highest BCUT2D eigenvalue weighted by molar-refractivity contribution is 5.99. The lowest BCUT2D eigenvalue weighted by Gasteiger charge is -2.10. The van der Waals surface area contributed by atoms with Gasteiger partial charge in [-0.1, -0.05) is 12.0 Å². The van der Waals surface area contributed by atoms with Crippen LogP contribution in [0.3, 0.4) is 0 Å². The van der Waals surface area contributed by atoms with Crippen LogP contribution in [-0.2, 0) is 11.0 Å². The van der Waals surface area contributed by atoms with E-state index in [2.05, 4.69) is 37.8 Å². The molecule has 0 bridgehead atoms. The molecule has 0 radical (unpaired) electrons. The van der Waals surface area contributed by atoms with E-state index >= 15 is 0 Å². The minimum atomic E-state index is -4.55. The quantitative estimate of drug-likeness (QED) is 0.348. The molecule has 3 amide bonds. The van der Waals surface area contributed by atoms with Crippen LogP contribution in [-0.4, -0.2) is 26.3 Å². The molecule has 0 fully saturated rings. The van der Waals surface area contributed by atoms with E-state index in [4.69, 9.17) is 0 Å². The molecule has 36 heavy (non-hydrogen) atoms. The van der Waals surface area contributed by atoms with Crippen LogP contribution in [0.5, 0.6) is 0 Å². The molecule has 4 aromatic rings. The fourth-order valence-electron chi connectivity index (χ4n) is 3.31. The van der Waals surface area contributed by atoms with E-state index in [0.717, 1.165) is 23.9 Å². The van der Waals surface area contributed by atoms with Crippen molar-refractivity contribution < 1.29 is 22.8 Å². The van der Waals surface area contributed by atoms with Crippen molar-refractivity contribution in [3.05, 3.63) is 83.4 Å². The van der Waals surface area contributed by atoms with E-state index < -0.39 is 17.8 Å². The van der Waals surface area contributed by atoms with Crippen LogP contribution in [0.4, 0.5) is 35.2 Å². The number of anilines is 3. The van der Waals surface area contributed by atoms with E-state index in [-0.39, 0.29) is 11.7 Å². The Hall–Kier alpha value is -4.85. The second kappa shape index (κ2) is 9.79. The molecular weight excluding hydrogens is 473 g/mol. The van der Waals surface area contributed by atoms with Crippen LogP contribution in [0.2, 0.25) is 0 Å². The van der Waals surface area contributed by atoms with Gasteiger partial charge < -0.3 is 10.6 Å². The van der Waals surface area contributed by atoms with Gasteiger partial charge in [0.15, 0.2) is 5.65 Å². The van der Waals surface area contributed by atoms with E-state index in [1.54, 1.807) is 47.1 Å². The molecule has 0 saturated heterocycles. The van der Waals surface area contributed by atoms with Gasteiger partial charge in [-0.05, 0) is 54.8 Å². The maximum absolute atomic E-state index is 12.9. The van der Waals surface area contributed by atoms with Gasteiger partial charge in [-0.3, -0.25) is 14.5 Å². The number of amides is 3. The Kier molecular flexibility index (Phi) is 6.60. The Bertz CT molecular complexity index is 1530. The highest BCUT2D eigenvalue weighted by Gasteiger charge is 2.30. The first-order valence-electron chi connectivity index (χ1n) is 10.6. The largest absolute Gasteiger partial charge is 0.416 e. The molecule has 1 aromatic carbocycles. The first kappa shape index (κ1) is 24.3. The molecule has 0 atom stereocenters. The lowest BCUT2D eigenvalue weighted by Crippen LogP contribution is -2.20. The van der Waals surface area contributed by atoms with Crippen molar-refractivity contribution >= 4 is 34.8 Å². The molecule has 3 N–H and O–H groups in total. The third kappa shape index (κ3) is 5.61. The summed E-state index contributed by atoms with van der Waals surface area (Å²) in [5, 5.41) is 7.58. The Labute approximate surface area is 203 Å². The number of benzene rings is 1. The molecule has 4 rings (SSSR count). The molecule has 0 aliphatic carbocycles. The molecule has 3 heterocycles. The number of carbonyl (C=O) groups is 2. The highest BCUT2D eigenvalue weighted by atomic mass is 19.4. The Balaban J connectivity index is 1.52.